The van der Waals surface area contributed by atoms with Gasteiger partial charge in [-0.1, -0.05) is 26.0 Å². The van der Waals surface area contributed by atoms with E-state index < -0.39 is 0 Å². The smallest absolute Gasteiger partial charge is 0.160 e. The Bertz CT molecular complexity index is 983. The third kappa shape index (κ3) is 5.60. The maximum absolute atomic E-state index is 13.3. The molecule has 1 aliphatic rings. The third-order valence-corrected chi connectivity index (χ3v) is 6.16. The Morgan fingerprint density at radius 2 is 2.00 bits per heavy atom. The summed E-state index contributed by atoms with van der Waals surface area (Å²) in [6.45, 7) is 11.4. The first kappa shape index (κ1) is 21.7. The fourth-order valence-electron chi connectivity index (χ4n) is 4.31. The molecular weight excluding hydrogens is 391 g/mol. The minimum atomic E-state index is -0.173. The van der Waals surface area contributed by atoms with Gasteiger partial charge in [0.1, 0.15) is 11.6 Å². The largest absolute Gasteiger partial charge is 0.369 e. The van der Waals surface area contributed by atoms with E-state index >= 15 is 0 Å². The molecule has 1 fully saturated rings. The molecule has 7 heteroatoms. The number of hydrogen-bond acceptors (Lipinski definition) is 5. The van der Waals surface area contributed by atoms with Crippen molar-refractivity contribution in [3.63, 3.8) is 0 Å². The van der Waals surface area contributed by atoms with E-state index in [-0.39, 0.29) is 5.82 Å². The zero-order chi connectivity index (χ0) is 21.8. The van der Waals surface area contributed by atoms with Crippen LogP contribution in [0.3, 0.4) is 0 Å². The van der Waals surface area contributed by atoms with Crippen molar-refractivity contribution in [3.8, 4) is 0 Å². The second-order valence-electron chi connectivity index (χ2n) is 9.05. The van der Waals surface area contributed by atoms with E-state index in [1.165, 1.54) is 5.56 Å². The highest BCUT2D eigenvalue weighted by atomic mass is 19.1. The van der Waals surface area contributed by atoms with Gasteiger partial charge in [0, 0.05) is 44.0 Å². The summed E-state index contributed by atoms with van der Waals surface area (Å²) in [4.78, 5) is 7.23. The van der Waals surface area contributed by atoms with Crippen LogP contribution in [0, 0.1) is 24.6 Å². The molecule has 2 N–H and O–H groups in total. The maximum Gasteiger partial charge on any atom is 0.160 e. The summed E-state index contributed by atoms with van der Waals surface area (Å²) < 4.78 is 15.1. The number of aryl methyl sites for hydroxylation is 1. The van der Waals surface area contributed by atoms with E-state index in [9.17, 15) is 4.39 Å². The van der Waals surface area contributed by atoms with Crippen LogP contribution in [0.15, 0.2) is 42.7 Å². The van der Waals surface area contributed by atoms with Crippen molar-refractivity contribution in [2.24, 2.45) is 11.8 Å². The Morgan fingerprint density at radius 1 is 1.19 bits per heavy atom. The van der Waals surface area contributed by atoms with Crippen LogP contribution in [-0.4, -0.2) is 58.3 Å². The van der Waals surface area contributed by atoms with Crippen LogP contribution >= 0.6 is 0 Å². The van der Waals surface area contributed by atoms with Gasteiger partial charge in [0.2, 0.25) is 0 Å². The predicted octanol–water partition coefficient (Wildman–Crippen LogP) is 3.38. The van der Waals surface area contributed by atoms with Crippen LogP contribution < -0.4 is 10.6 Å². The average molecular weight is 425 g/mol. The van der Waals surface area contributed by atoms with Gasteiger partial charge in [-0.15, -0.1) is 0 Å². The molecule has 1 aromatic carbocycles. The number of benzene rings is 1. The molecule has 0 bridgehead atoms. The minimum absolute atomic E-state index is 0.173. The first-order valence-corrected chi connectivity index (χ1v) is 11.2. The molecule has 166 valence electrons. The highest BCUT2D eigenvalue weighted by Crippen LogP contribution is 2.17. The normalized spacial score (nSPS) is 20.3. The third-order valence-electron chi connectivity index (χ3n) is 6.16. The van der Waals surface area contributed by atoms with Gasteiger partial charge in [-0.3, -0.25) is 4.90 Å². The zero-order valence-electron chi connectivity index (χ0n) is 18.7. The van der Waals surface area contributed by atoms with Gasteiger partial charge in [0.15, 0.2) is 5.65 Å². The molecule has 2 atom stereocenters. The van der Waals surface area contributed by atoms with Crippen LogP contribution in [0.4, 0.5) is 10.2 Å². The summed E-state index contributed by atoms with van der Waals surface area (Å²) in [7, 11) is 0. The maximum atomic E-state index is 13.3. The highest BCUT2D eigenvalue weighted by molar-refractivity contribution is 5.50. The van der Waals surface area contributed by atoms with Crippen LogP contribution in [0.25, 0.3) is 5.65 Å². The number of anilines is 1. The summed E-state index contributed by atoms with van der Waals surface area (Å²) in [5, 5.41) is 11.5. The molecule has 0 aliphatic carbocycles. The lowest BCUT2D eigenvalue weighted by Gasteiger charge is -2.27. The Labute approximate surface area is 183 Å². The number of nitrogens with zero attached hydrogens (tertiary/aromatic N) is 4. The average Bonchev–Trinajstić information content (AvgIpc) is 2.99. The van der Waals surface area contributed by atoms with Crippen molar-refractivity contribution in [1.82, 2.24) is 24.8 Å². The number of hydrogen-bond donors (Lipinski definition) is 2. The van der Waals surface area contributed by atoms with E-state index in [1.807, 2.05) is 37.5 Å². The first-order valence-electron chi connectivity index (χ1n) is 11.2. The molecular formula is C24H33FN6. The highest BCUT2D eigenvalue weighted by Gasteiger charge is 2.25. The second kappa shape index (κ2) is 9.75. The lowest BCUT2D eigenvalue weighted by Crippen LogP contribution is -2.42. The summed E-state index contributed by atoms with van der Waals surface area (Å²) in [6, 6.07) is 9.38. The molecule has 0 saturated carbocycles. The van der Waals surface area contributed by atoms with E-state index in [2.05, 4.69) is 39.5 Å². The molecule has 4 rings (SSSR count). The van der Waals surface area contributed by atoms with Crippen molar-refractivity contribution >= 4 is 11.5 Å². The summed E-state index contributed by atoms with van der Waals surface area (Å²) >= 11 is 0. The Balaban J connectivity index is 1.37. The van der Waals surface area contributed by atoms with E-state index in [0.717, 1.165) is 56.2 Å². The van der Waals surface area contributed by atoms with Gasteiger partial charge in [-0.2, -0.15) is 5.10 Å². The quantitative estimate of drug-likeness (QED) is 0.609. The van der Waals surface area contributed by atoms with E-state index in [4.69, 9.17) is 0 Å². The molecule has 3 heterocycles. The SMILES string of the molecule is Cc1cnn2ccc(NCCN3CC(Cc4ccc(F)cc4)CNC(C(C)C)C3)nc12. The van der Waals surface area contributed by atoms with Gasteiger partial charge in [0.05, 0.1) is 6.20 Å². The molecule has 0 amide bonds. The molecule has 6 nitrogen and oxygen atoms in total. The number of nitrogens with one attached hydrogen (secondary N) is 2. The van der Waals surface area contributed by atoms with Crippen molar-refractivity contribution in [2.75, 3.05) is 38.0 Å². The number of rotatable bonds is 7. The van der Waals surface area contributed by atoms with Gasteiger partial charge < -0.3 is 10.6 Å². The topological polar surface area (TPSA) is 57.5 Å². The first-order chi connectivity index (χ1) is 15.0. The Morgan fingerprint density at radius 3 is 2.77 bits per heavy atom. The van der Waals surface area contributed by atoms with Crippen LogP contribution in [0.2, 0.25) is 0 Å². The lowest BCUT2D eigenvalue weighted by molar-refractivity contribution is 0.236. The molecule has 1 saturated heterocycles. The molecule has 2 unspecified atom stereocenters. The standard InChI is InChI=1S/C24H33FN6/c1-17(2)22-16-30(15-20(14-27-22)12-19-4-6-21(25)7-5-19)11-9-26-23-8-10-31-24(29-23)18(3)13-28-31/h4-8,10,13,17,20,22,27H,9,11-12,14-16H2,1-3H3,(H,26,29). The van der Waals surface area contributed by atoms with Gasteiger partial charge in [-0.05, 0) is 55.5 Å². The van der Waals surface area contributed by atoms with Crippen molar-refractivity contribution in [2.45, 2.75) is 33.2 Å². The predicted molar refractivity (Wildman–Crippen MR) is 123 cm³/mol. The fourth-order valence-corrected chi connectivity index (χ4v) is 4.31. The number of aromatic nitrogens is 3. The van der Waals surface area contributed by atoms with Crippen LogP contribution in [-0.2, 0) is 6.42 Å². The molecule has 31 heavy (non-hydrogen) atoms. The van der Waals surface area contributed by atoms with E-state index in [0.29, 0.717) is 17.9 Å². The monoisotopic (exact) mass is 424 g/mol. The number of fused-ring (bicyclic) bond motifs is 1. The fraction of sp³-hybridized carbons (Fsp3) is 0.500. The van der Waals surface area contributed by atoms with E-state index in [1.54, 1.807) is 16.6 Å². The molecule has 0 radical (unpaired) electrons. The summed E-state index contributed by atoms with van der Waals surface area (Å²) in [5.41, 5.74) is 3.16. The molecule has 1 aliphatic heterocycles. The molecule has 0 spiro atoms. The van der Waals surface area contributed by atoms with Crippen molar-refractivity contribution < 1.29 is 4.39 Å². The van der Waals surface area contributed by atoms with Gasteiger partial charge in [-0.25, -0.2) is 13.9 Å². The Hall–Kier alpha value is -2.51. The van der Waals surface area contributed by atoms with Gasteiger partial charge in [0.25, 0.3) is 0 Å². The lowest BCUT2D eigenvalue weighted by atomic mass is 9.98. The summed E-state index contributed by atoms with van der Waals surface area (Å²) in [6.07, 6.45) is 4.74. The second-order valence-corrected chi connectivity index (χ2v) is 9.05. The molecule has 2 aromatic heterocycles. The molecule has 3 aromatic rings. The van der Waals surface area contributed by atoms with Crippen LogP contribution in [0.5, 0.6) is 0 Å². The van der Waals surface area contributed by atoms with Gasteiger partial charge >= 0.3 is 0 Å². The van der Waals surface area contributed by atoms with Crippen molar-refractivity contribution in [1.29, 1.82) is 0 Å². The zero-order valence-corrected chi connectivity index (χ0v) is 18.7. The number of halogens is 1. The summed E-state index contributed by atoms with van der Waals surface area (Å²) in [5.74, 6) is 1.78. The Kier molecular flexibility index (Phi) is 6.83. The minimum Gasteiger partial charge on any atom is -0.369 e. The van der Waals surface area contributed by atoms with Crippen molar-refractivity contribution in [3.05, 3.63) is 59.7 Å². The van der Waals surface area contributed by atoms with Crippen LogP contribution in [0.1, 0.15) is 25.0 Å².